The number of imide groups is 2. The Hall–Kier alpha value is -6.16. The SMILES string of the molecule is CC1(C)S[C@@H]2[C@H](N(C(=O)C3CCC(C(=O)N(C(=O)C(NC(N)=O)c4ccccc4)[C@@H]4C(=O)N5[C@@H]4SC(C)(C)[C@@H]5C(=O)O)CC3)C(=O)C(NC(N)=O)c3ccccc3)C(=O)N2[C@H]1C(=O)O. The number of primary amides is 2. The summed E-state index contributed by atoms with van der Waals surface area (Å²) < 4.78 is -2.03. The fourth-order valence-electron chi connectivity index (χ4n) is 9.64. The van der Waals surface area contributed by atoms with Crippen molar-refractivity contribution in [3.05, 3.63) is 71.8 Å². The molecule has 0 radical (unpaired) electrons. The lowest BCUT2D eigenvalue weighted by Crippen LogP contribution is -2.73. The van der Waals surface area contributed by atoms with Crippen molar-refractivity contribution in [2.75, 3.05) is 0 Å². The second-order valence-corrected chi connectivity index (χ2v) is 21.0. The topological polar surface area (TPSA) is 300 Å². The van der Waals surface area contributed by atoms with Crippen LogP contribution in [0.15, 0.2) is 60.7 Å². The Morgan fingerprint density at radius 1 is 0.609 bits per heavy atom. The molecule has 4 heterocycles. The van der Waals surface area contributed by atoms with Gasteiger partial charge < -0.3 is 42.1 Å². The number of hydrogen-bond acceptors (Lipinski definition) is 12. The Labute approximate surface area is 375 Å². The highest BCUT2D eigenvalue weighted by Gasteiger charge is 2.69. The first-order valence-electron chi connectivity index (χ1n) is 20.5. The van der Waals surface area contributed by atoms with Crippen LogP contribution >= 0.6 is 23.5 Å². The molecule has 2 aromatic carbocycles. The van der Waals surface area contributed by atoms with Gasteiger partial charge in [-0.25, -0.2) is 19.2 Å². The molecule has 7 rings (SSSR count). The number of fused-ring (bicyclic) bond motifs is 2. The number of hydrogen-bond donors (Lipinski definition) is 6. The number of carboxylic acids is 2. The predicted octanol–water partition coefficient (Wildman–Crippen LogP) is 1.35. The summed E-state index contributed by atoms with van der Waals surface area (Å²) in [5, 5.41) is 23.0. The number of aliphatic carboxylic acids is 2. The minimum atomic E-state index is -1.53. The van der Waals surface area contributed by atoms with Crippen molar-refractivity contribution in [1.29, 1.82) is 0 Å². The van der Waals surface area contributed by atoms with Crippen LogP contribution in [0.5, 0.6) is 0 Å². The molecule has 64 heavy (non-hydrogen) atoms. The molecule has 4 saturated heterocycles. The van der Waals surface area contributed by atoms with Gasteiger partial charge in [0.2, 0.25) is 11.8 Å². The van der Waals surface area contributed by atoms with Crippen LogP contribution in [-0.4, -0.2) is 134 Å². The van der Waals surface area contributed by atoms with Crippen molar-refractivity contribution in [3.63, 3.8) is 0 Å². The first-order chi connectivity index (χ1) is 30.1. The molecule has 8 atom stereocenters. The lowest BCUT2D eigenvalue weighted by molar-refractivity contribution is -0.175. The summed E-state index contributed by atoms with van der Waals surface area (Å²) >= 11 is 2.23. The van der Waals surface area contributed by atoms with E-state index in [-0.39, 0.29) is 36.8 Å². The van der Waals surface area contributed by atoms with Crippen LogP contribution in [0.2, 0.25) is 0 Å². The predicted molar refractivity (Wildman–Crippen MR) is 228 cm³/mol. The Kier molecular flexibility index (Phi) is 12.2. The number of nitrogens with one attached hydrogen (secondary N) is 2. The van der Waals surface area contributed by atoms with Gasteiger partial charge in [0.25, 0.3) is 23.6 Å². The molecular weight excluding hydrogens is 873 g/mol. The molecule has 0 aromatic heterocycles. The van der Waals surface area contributed by atoms with E-state index in [1.165, 1.54) is 24.3 Å². The van der Waals surface area contributed by atoms with Crippen molar-refractivity contribution < 1.29 is 58.2 Å². The van der Waals surface area contributed by atoms with Gasteiger partial charge in [-0.3, -0.25) is 38.6 Å². The molecule has 1 aliphatic carbocycles. The van der Waals surface area contributed by atoms with Gasteiger partial charge >= 0.3 is 24.0 Å². The Morgan fingerprint density at radius 3 is 1.20 bits per heavy atom. The lowest BCUT2D eigenvalue weighted by atomic mass is 9.79. The van der Waals surface area contributed by atoms with E-state index in [0.717, 1.165) is 43.1 Å². The zero-order valence-electron chi connectivity index (χ0n) is 35.1. The van der Waals surface area contributed by atoms with E-state index in [0.29, 0.717) is 0 Å². The third kappa shape index (κ3) is 7.90. The molecule has 20 nitrogen and oxygen atoms in total. The smallest absolute Gasteiger partial charge is 0.327 e. The summed E-state index contributed by atoms with van der Waals surface area (Å²) in [5.74, 6) is -9.67. The molecule has 5 aliphatic rings. The van der Waals surface area contributed by atoms with Crippen molar-refractivity contribution in [3.8, 4) is 0 Å². The number of nitrogens with zero attached hydrogens (tertiary/aromatic N) is 4. The fourth-order valence-corrected chi connectivity index (χ4v) is 13.0. The number of thioether (sulfide) groups is 2. The molecule has 8 N–H and O–H groups in total. The van der Waals surface area contributed by atoms with E-state index in [2.05, 4.69) is 10.6 Å². The third-order valence-electron chi connectivity index (χ3n) is 12.6. The van der Waals surface area contributed by atoms with Crippen LogP contribution < -0.4 is 22.1 Å². The normalized spacial score (nSPS) is 28.2. The van der Waals surface area contributed by atoms with E-state index in [4.69, 9.17) is 11.5 Å². The molecule has 0 bridgehead atoms. The summed E-state index contributed by atoms with van der Waals surface area (Å²) in [4.78, 5) is 140. The van der Waals surface area contributed by atoms with E-state index in [1.807, 2.05) is 0 Å². The van der Waals surface area contributed by atoms with Gasteiger partial charge in [-0.15, -0.1) is 23.5 Å². The third-order valence-corrected chi connectivity index (χ3v) is 15.7. The number of carboxylic acid groups (broad SMARTS) is 2. The average molecular weight is 921 g/mol. The van der Waals surface area contributed by atoms with Crippen LogP contribution in [-0.2, 0) is 38.4 Å². The van der Waals surface area contributed by atoms with Crippen LogP contribution in [0.25, 0.3) is 0 Å². The Morgan fingerprint density at radius 2 is 0.922 bits per heavy atom. The molecule has 2 unspecified atom stereocenters. The van der Waals surface area contributed by atoms with E-state index in [1.54, 1.807) is 64.1 Å². The van der Waals surface area contributed by atoms with Crippen LogP contribution in [0.1, 0.15) is 76.6 Å². The maximum absolute atomic E-state index is 14.8. The fraction of sp³-hybridized carbons (Fsp3) is 0.476. The standard InChI is InChI=1S/C42H48N8O12S2/c1-41(2)27(37(57)58)49-33(55)25(35(49)63-41)47(31(53)23(45-39(43)61)19-11-7-5-8-12-19)29(51)21-15-17-22(18-16-21)30(52)48(32(54)24(46-40(44)62)20-13-9-6-10-14-20)26-34(56)50-28(38(59)60)42(3,4)64-36(26)50/h5-14,21-28,35-36H,15-18H2,1-4H3,(H,57,58)(H,59,60)(H3,43,45,61)(H3,44,46,62)/t21?,22?,23?,24?,25-,26-,27+,28+,35-,36-/m1/s1. The van der Waals surface area contributed by atoms with Gasteiger partial charge in [-0.1, -0.05) is 60.7 Å². The maximum atomic E-state index is 14.8. The van der Waals surface area contributed by atoms with E-state index in [9.17, 15) is 58.2 Å². The highest BCUT2D eigenvalue weighted by Crippen LogP contribution is 2.54. The number of nitrogens with two attached hydrogens (primary N) is 2. The highest BCUT2D eigenvalue weighted by atomic mass is 32.2. The van der Waals surface area contributed by atoms with Gasteiger partial charge in [0.05, 0.1) is 0 Å². The van der Waals surface area contributed by atoms with Gasteiger partial charge in [-0.05, 0) is 64.5 Å². The molecule has 22 heteroatoms. The molecule has 5 fully saturated rings. The lowest BCUT2D eigenvalue weighted by Gasteiger charge is -2.49. The number of urea groups is 2. The monoisotopic (exact) mass is 920 g/mol. The van der Waals surface area contributed by atoms with Crippen molar-refractivity contribution >= 4 is 83.0 Å². The second-order valence-electron chi connectivity index (χ2n) is 17.4. The van der Waals surface area contributed by atoms with Crippen LogP contribution in [0, 0.1) is 11.8 Å². The molecule has 340 valence electrons. The zero-order chi connectivity index (χ0) is 46.7. The maximum Gasteiger partial charge on any atom is 0.327 e. The van der Waals surface area contributed by atoms with Crippen molar-refractivity contribution in [2.45, 2.75) is 110 Å². The van der Waals surface area contributed by atoms with Gasteiger partial charge in [0.1, 0.15) is 47.0 Å². The first-order valence-corrected chi connectivity index (χ1v) is 22.3. The van der Waals surface area contributed by atoms with E-state index < -0.39 is 128 Å². The number of rotatable bonds is 12. The average Bonchev–Trinajstić information content (AvgIpc) is 3.65. The molecule has 1 saturated carbocycles. The summed E-state index contributed by atoms with van der Waals surface area (Å²) in [6.45, 7) is 6.55. The summed E-state index contributed by atoms with van der Waals surface area (Å²) in [5.41, 5.74) is 11.5. The largest absolute Gasteiger partial charge is 0.480 e. The molecular formula is C42H48N8O12S2. The zero-order valence-corrected chi connectivity index (χ0v) is 36.7. The number of carbonyl (C=O) groups is 10. The summed E-state index contributed by atoms with van der Waals surface area (Å²) in [7, 11) is 0. The van der Waals surface area contributed by atoms with Gasteiger partial charge in [0.15, 0.2) is 0 Å². The highest BCUT2D eigenvalue weighted by molar-refractivity contribution is 8.02. The van der Waals surface area contributed by atoms with Gasteiger partial charge in [-0.2, -0.15) is 0 Å². The minimum Gasteiger partial charge on any atom is -0.480 e. The number of benzene rings is 2. The van der Waals surface area contributed by atoms with E-state index >= 15 is 0 Å². The first kappa shape index (κ1) is 45.9. The number of carbonyl (C=O) groups excluding carboxylic acids is 8. The molecule has 2 aromatic rings. The summed E-state index contributed by atoms with van der Waals surface area (Å²) in [6, 6.07) is 5.11. The van der Waals surface area contributed by atoms with Crippen LogP contribution in [0.4, 0.5) is 9.59 Å². The van der Waals surface area contributed by atoms with Crippen molar-refractivity contribution in [2.24, 2.45) is 23.3 Å². The Bertz CT molecular complexity index is 2150. The van der Waals surface area contributed by atoms with Gasteiger partial charge in [0, 0.05) is 21.3 Å². The summed E-state index contributed by atoms with van der Waals surface area (Å²) in [6.07, 6.45) is -0.204. The molecule has 10 amide bonds. The van der Waals surface area contributed by atoms with Crippen molar-refractivity contribution in [1.82, 2.24) is 30.2 Å². The quantitative estimate of drug-likeness (QED) is 0.164. The molecule has 0 spiro atoms. The van der Waals surface area contributed by atoms with Crippen LogP contribution in [0.3, 0.4) is 0 Å². The minimum absolute atomic E-state index is 0.0509. The Balaban J connectivity index is 1.19. The number of β-lactam (4-membered cyclic amide) rings is 2. The molecule has 4 aliphatic heterocycles. The second kappa shape index (κ2) is 17.1. The number of amides is 10.